The third kappa shape index (κ3) is 2.51. The summed E-state index contributed by atoms with van der Waals surface area (Å²) in [5, 5.41) is 7.34. The molecule has 100 valence electrons. The Kier molecular flexibility index (Phi) is 3.29. The van der Waals surface area contributed by atoms with Crippen LogP contribution in [0.5, 0.6) is 0 Å². The van der Waals surface area contributed by atoms with Crippen LogP contribution < -0.4 is 5.32 Å². The first-order valence-electron chi connectivity index (χ1n) is 6.55. The maximum atomic E-state index is 13.5. The number of nitrogens with zero attached hydrogens (tertiary/aromatic N) is 2. The molecule has 0 bridgehead atoms. The second-order valence-corrected chi connectivity index (χ2v) is 4.96. The molecule has 3 rings (SSSR count). The van der Waals surface area contributed by atoms with Crippen LogP contribution in [0.1, 0.15) is 30.1 Å². The van der Waals surface area contributed by atoms with Crippen molar-refractivity contribution in [2.45, 2.75) is 25.7 Å². The van der Waals surface area contributed by atoms with E-state index in [-0.39, 0.29) is 5.82 Å². The molecule has 0 aliphatic carbocycles. The molecule has 1 unspecified atom stereocenters. The molecule has 1 saturated heterocycles. The van der Waals surface area contributed by atoms with E-state index in [1.165, 1.54) is 6.07 Å². The van der Waals surface area contributed by atoms with Gasteiger partial charge in [0.15, 0.2) is 5.82 Å². The zero-order valence-electron chi connectivity index (χ0n) is 10.8. The lowest BCUT2D eigenvalue weighted by molar-refractivity contribution is 0.393. The summed E-state index contributed by atoms with van der Waals surface area (Å²) in [6, 6.07) is 4.96. The molecule has 4 nitrogen and oxygen atoms in total. The van der Waals surface area contributed by atoms with E-state index in [0.29, 0.717) is 28.8 Å². The van der Waals surface area contributed by atoms with Crippen LogP contribution in [0.4, 0.5) is 4.39 Å². The number of nitrogens with one attached hydrogen (secondary N) is 1. The summed E-state index contributed by atoms with van der Waals surface area (Å²) >= 11 is 0. The SMILES string of the molecule is Cc1ccc(-c2nc(C3CCCNC3)no2)cc1F. The zero-order chi connectivity index (χ0) is 13.2. The smallest absolute Gasteiger partial charge is 0.258 e. The van der Waals surface area contributed by atoms with Crippen LogP contribution in [0, 0.1) is 12.7 Å². The molecule has 0 amide bonds. The Bertz CT molecular complexity index is 576. The van der Waals surface area contributed by atoms with Crippen molar-refractivity contribution in [2.75, 3.05) is 13.1 Å². The minimum absolute atomic E-state index is 0.253. The summed E-state index contributed by atoms with van der Waals surface area (Å²) in [4.78, 5) is 4.39. The lowest BCUT2D eigenvalue weighted by Gasteiger charge is -2.19. The lowest BCUT2D eigenvalue weighted by Crippen LogP contribution is -2.28. The molecule has 1 atom stereocenters. The van der Waals surface area contributed by atoms with Crippen molar-refractivity contribution < 1.29 is 8.91 Å². The predicted molar refractivity (Wildman–Crippen MR) is 69.3 cm³/mol. The largest absolute Gasteiger partial charge is 0.334 e. The maximum Gasteiger partial charge on any atom is 0.258 e. The Morgan fingerprint density at radius 3 is 3.05 bits per heavy atom. The van der Waals surface area contributed by atoms with E-state index in [1.54, 1.807) is 19.1 Å². The fourth-order valence-corrected chi connectivity index (χ4v) is 2.32. The average Bonchev–Trinajstić information content (AvgIpc) is 2.93. The summed E-state index contributed by atoms with van der Waals surface area (Å²) in [5.74, 6) is 1.14. The highest BCUT2D eigenvalue weighted by molar-refractivity contribution is 5.53. The number of rotatable bonds is 2. The lowest BCUT2D eigenvalue weighted by atomic mass is 9.99. The minimum atomic E-state index is -0.253. The molecule has 0 radical (unpaired) electrons. The number of hydrogen-bond donors (Lipinski definition) is 1. The fraction of sp³-hybridized carbons (Fsp3) is 0.429. The van der Waals surface area contributed by atoms with E-state index >= 15 is 0 Å². The molecule has 1 aromatic carbocycles. The molecule has 1 fully saturated rings. The standard InChI is InChI=1S/C14H16FN3O/c1-9-4-5-10(7-12(9)15)14-17-13(18-19-14)11-3-2-6-16-8-11/h4-5,7,11,16H,2-3,6,8H2,1H3. The highest BCUT2D eigenvalue weighted by atomic mass is 19.1. The summed E-state index contributed by atoms with van der Waals surface area (Å²) in [6.07, 6.45) is 2.18. The molecule has 0 spiro atoms. The number of hydrogen-bond acceptors (Lipinski definition) is 4. The zero-order valence-corrected chi connectivity index (χ0v) is 10.8. The van der Waals surface area contributed by atoms with Crippen molar-refractivity contribution in [3.05, 3.63) is 35.4 Å². The van der Waals surface area contributed by atoms with Crippen LogP contribution in [0.15, 0.2) is 22.7 Å². The van der Waals surface area contributed by atoms with Gasteiger partial charge in [-0.05, 0) is 44.0 Å². The van der Waals surface area contributed by atoms with Crippen molar-refractivity contribution >= 4 is 0 Å². The molecular formula is C14H16FN3O. The first-order valence-corrected chi connectivity index (χ1v) is 6.55. The Hall–Kier alpha value is -1.75. The first kappa shape index (κ1) is 12.3. The first-order chi connectivity index (χ1) is 9.24. The summed E-state index contributed by atoms with van der Waals surface area (Å²) in [5.41, 5.74) is 1.24. The van der Waals surface area contributed by atoms with Gasteiger partial charge in [0.2, 0.25) is 0 Å². The Balaban J connectivity index is 1.85. The van der Waals surface area contributed by atoms with Crippen molar-refractivity contribution in [1.29, 1.82) is 0 Å². The third-order valence-corrected chi connectivity index (χ3v) is 3.52. The highest BCUT2D eigenvalue weighted by Crippen LogP contribution is 2.25. The van der Waals surface area contributed by atoms with Gasteiger partial charge in [-0.2, -0.15) is 4.98 Å². The summed E-state index contributed by atoms with van der Waals surface area (Å²) in [7, 11) is 0. The summed E-state index contributed by atoms with van der Waals surface area (Å²) in [6.45, 7) is 3.65. The van der Waals surface area contributed by atoms with E-state index < -0.39 is 0 Å². The molecule has 1 N–H and O–H groups in total. The minimum Gasteiger partial charge on any atom is -0.334 e. The number of benzene rings is 1. The second-order valence-electron chi connectivity index (χ2n) is 4.96. The van der Waals surface area contributed by atoms with Crippen LogP contribution in [-0.4, -0.2) is 23.2 Å². The molecular weight excluding hydrogens is 245 g/mol. The number of aryl methyl sites for hydroxylation is 1. The van der Waals surface area contributed by atoms with Gasteiger partial charge in [-0.25, -0.2) is 4.39 Å². The average molecular weight is 261 g/mol. The molecule has 1 aliphatic rings. The Morgan fingerprint density at radius 1 is 1.42 bits per heavy atom. The molecule has 1 aliphatic heterocycles. The van der Waals surface area contributed by atoms with Crippen LogP contribution >= 0.6 is 0 Å². The normalized spacial score (nSPS) is 19.6. The van der Waals surface area contributed by atoms with Crippen molar-refractivity contribution in [3.63, 3.8) is 0 Å². The van der Waals surface area contributed by atoms with Crippen molar-refractivity contribution in [2.24, 2.45) is 0 Å². The van der Waals surface area contributed by atoms with E-state index in [2.05, 4.69) is 15.5 Å². The van der Waals surface area contributed by atoms with Gasteiger partial charge in [-0.3, -0.25) is 0 Å². The van der Waals surface area contributed by atoms with Gasteiger partial charge in [-0.1, -0.05) is 11.2 Å². The highest BCUT2D eigenvalue weighted by Gasteiger charge is 2.21. The van der Waals surface area contributed by atoms with Crippen LogP contribution in [0.3, 0.4) is 0 Å². The molecule has 19 heavy (non-hydrogen) atoms. The van der Waals surface area contributed by atoms with Gasteiger partial charge < -0.3 is 9.84 Å². The van der Waals surface area contributed by atoms with Gasteiger partial charge in [-0.15, -0.1) is 0 Å². The molecule has 0 saturated carbocycles. The van der Waals surface area contributed by atoms with E-state index in [9.17, 15) is 4.39 Å². The monoisotopic (exact) mass is 261 g/mol. The predicted octanol–water partition coefficient (Wildman–Crippen LogP) is 2.65. The molecule has 1 aromatic heterocycles. The van der Waals surface area contributed by atoms with E-state index in [1.807, 2.05) is 0 Å². The quantitative estimate of drug-likeness (QED) is 0.903. The van der Waals surface area contributed by atoms with Crippen molar-refractivity contribution in [3.8, 4) is 11.5 Å². The van der Waals surface area contributed by atoms with Gasteiger partial charge >= 0.3 is 0 Å². The summed E-state index contributed by atoms with van der Waals surface area (Å²) < 4.78 is 18.8. The third-order valence-electron chi connectivity index (χ3n) is 3.52. The van der Waals surface area contributed by atoms with E-state index in [4.69, 9.17) is 4.52 Å². The topological polar surface area (TPSA) is 51.0 Å². The van der Waals surface area contributed by atoms with Crippen LogP contribution in [0.2, 0.25) is 0 Å². The van der Waals surface area contributed by atoms with Gasteiger partial charge in [0.05, 0.1) is 0 Å². The Labute approximate surface area is 111 Å². The van der Waals surface area contributed by atoms with Gasteiger partial charge in [0.25, 0.3) is 5.89 Å². The molecule has 5 heteroatoms. The van der Waals surface area contributed by atoms with Crippen molar-refractivity contribution in [1.82, 2.24) is 15.5 Å². The van der Waals surface area contributed by atoms with E-state index in [0.717, 1.165) is 25.9 Å². The van der Waals surface area contributed by atoms with Crippen LogP contribution in [-0.2, 0) is 0 Å². The number of piperidine rings is 1. The molecule has 2 heterocycles. The van der Waals surface area contributed by atoms with Gasteiger partial charge in [0, 0.05) is 18.0 Å². The Morgan fingerprint density at radius 2 is 2.32 bits per heavy atom. The maximum absolute atomic E-state index is 13.5. The molecule has 2 aromatic rings. The number of halogens is 1. The number of aromatic nitrogens is 2. The van der Waals surface area contributed by atoms with Crippen LogP contribution in [0.25, 0.3) is 11.5 Å². The second kappa shape index (κ2) is 5.09. The fourth-order valence-electron chi connectivity index (χ4n) is 2.32. The van der Waals surface area contributed by atoms with Gasteiger partial charge in [0.1, 0.15) is 5.82 Å².